The van der Waals surface area contributed by atoms with Gasteiger partial charge in [-0.1, -0.05) is 43.3 Å². The summed E-state index contributed by atoms with van der Waals surface area (Å²) in [6.45, 7) is 5.91. The monoisotopic (exact) mass is 436 g/mol. The maximum Gasteiger partial charge on any atom is 0.258 e. The number of hydrogen-bond acceptors (Lipinski definition) is 3. The fourth-order valence-electron chi connectivity index (χ4n) is 3.19. The van der Waals surface area contributed by atoms with Crippen LogP contribution < -0.4 is 10.6 Å². The van der Waals surface area contributed by atoms with E-state index in [0.717, 1.165) is 21.7 Å². The molecule has 6 heteroatoms. The quantitative estimate of drug-likeness (QED) is 0.433. The van der Waals surface area contributed by atoms with E-state index in [-0.39, 0.29) is 16.7 Å². The molecule has 0 spiro atoms. The summed E-state index contributed by atoms with van der Waals surface area (Å²) in [7, 11) is 0. The summed E-state index contributed by atoms with van der Waals surface area (Å²) in [6.07, 6.45) is 0.646. The zero-order chi connectivity index (χ0) is 22.4. The average molecular weight is 437 g/mol. The molecule has 0 saturated heterocycles. The topological polar surface area (TPSA) is 58.2 Å². The smallest absolute Gasteiger partial charge is 0.258 e. The fraction of sp³-hybridized carbons (Fsp3) is 0.200. The number of hydrogen-bond donors (Lipinski definition) is 2. The number of nitrogens with one attached hydrogen (secondary N) is 2. The third-order valence-corrected chi connectivity index (χ3v) is 6.24. The SMILES string of the molecule is CCC(Sc1cccc(NC(=O)c2ccccc2F)c1)C(=O)Nc1c(C)cccc1C. The van der Waals surface area contributed by atoms with Crippen LogP contribution in [0.5, 0.6) is 0 Å². The fourth-order valence-corrected chi connectivity index (χ4v) is 4.21. The first-order valence-electron chi connectivity index (χ1n) is 10.1. The van der Waals surface area contributed by atoms with Crippen molar-refractivity contribution in [1.82, 2.24) is 0 Å². The number of aryl methyl sites for hydroxylation is 2. The van der Waals surface area contributed by atoms with Gasteiger partial charge in [0.2, 0.25) is 5.91 Å². The van der Waals surface area contributed by atoms with E-state index < -0.39 is 11.7 Å². The van der Waals surface area contributed by atoms with Crippen LogP contribution in [0.15, 0.2) is 71.6 Å². The van der Waals surface area contributed by atoms with Gasteiger partial charge in [0.1, 0.15) is 5.82 Å². The molecule has 160 valence electrons. The Labute approximate surface area is 186 Å². The minimum absolute atomic E-state index is 0.0139. The van der Waals surface area contributed by atoms with Crippen LogP contribution in [0, 0.1) is 19.7 Å². The summed E-state index contributed by atoms with van der Waals surface area (Å²) < 4.78 is 13.9. The normalized spacial score (nSPS) is 11.6. The molecular formula is C25H25FN2O2S. The molecule has 0 saturated carbocycles. The van der Waals surface area contributed by atoms with Crippen LogP contribution in [0.4, 0.5) is 15.8 Å². The van der Waals surface area contributed by atoms with Crippen molar-refractivity contribution >= 4 is 35.0 Å². The Bertz CT molecular complexity index is 1080. The molecule has 1 atom stereocenters. The summed E-state index contributed by atoms with van der Waals surface area (Å²) in [5.41, 5.74) is 3.41. The minimum atomic E-state index is -0.570. The van der Waals surface area contributed by atoms with Gasteiger partial charge in [0.15, 0.2) is 0 Å². The Morgan fingerprint density at radius 2 is 1.61 bits per heavy atom. The number of carbonyl (C=O) groups is 2. The Kier molecular flexibility index (Phi) is 7.47. The lowest BCUT2D eigenvalue weighted by atomic mass is 10.1. The minimum Gasteiger partial charge on any atom is -0.325 e. The van der Waals surface area contributed by atoms with Crippen LogP contribution in [0.3, 0.4) is 0 Å². The van der Waals surface area contributed by atoms with E-state index in [4.69, 9.17) is 0 Å². The number of thioether (sulfide) groups is 1. The highest BCUT2D eigenvalue weighted by Gasteiger charge is 2.20. The molecule has 0 fully saturated rings. The lowest BCUT2D eigenvalue weighted by molar-refractivity contribution is -0.115. The molecule has 0 heterocycles. The second kappa shape index (κ2) is 10.3. The van der Waals surface area contributed by atoms with Crippen LogP contribution in [0.25, 0.3) is 0 Å². The summed E-state index contributed by atoms with van der Waals surface area (Å²) in [5.74, 6) is -1.15. The van der Waals surface area contributed by atoms with E-state index >= 15 is 0 Å². The Morgan fingerprint density at radius 1 is 0.935 bits per heavy atom. The molecule has 0 bridgehead atoms. The standard InChI is InChI=1S/C25H25FN2O2S/c1-4-22(25(30)28-23-16(2)9-7-10-17(23)3)31-19-12-8-11-18(15-19)27-24(29)20-13-5-6-14-21(20)26/h5-15,22H,4H2,1-3H3,(H,27,29)(H,28,30). The van der Waals surface area contributed by atoms with Gasteiger partial charge >= 0.3 is 0 Å². The first-order chi connectivity index (χ1) is 14.9. The van der Waals surface area contributed by atoms with Gasteiger partial charge in [0, 0.05) is 16.3 Å². The number of halogens is 1. The molecular weight excluding hydrogens is 411 g/mol. The molecule has 0 aromatic heterocycles. The molecule has 2 amide bonds. The summed E-state index contributed by atoms with van der Waals surface area (Å²) in [4.78, 5) is 26.1. The second-order valence-electron chi connectivity index (χ2n) is 7.23. The predicted octanol–water partition coefficient (Wildman–Crippen LogP) is 6.20. The summed E-state index contributed by atoms with van der Waals surface area (Å²) >= 11 is 1.43. The molecule has 0 aliphatic rings. The Balaban J connectivity index is 1.70. The molecule has 3 aromatic carbocycles. The van der Waals surface area contributed by atoms with E-state index in [1.165, 1.54) is 30.0 Å². The van der Waals surface area contributed by atoms with Crippen molar-refractivity contribution in [3.8, 4) is 0 Å². The predicted molar refractivity (Wildman–Crippen MR) is 125 cm³/mol. The van der Waals surface area contributed by atoms with Gasteiger partial charge in [-0.3, -0.25) is 9.59 Å². The zero-order valence-corrected chi connectivity index (χ0v) is 18.6. The average Bonchev–Trinajstić information content (AvgIpc) is 2.75. The van der Waals surface area contributed by atoms with Crippen molar-refractivity contribution in [2.75, 3.05) is 10.6 Å². The lowest BCUT2D eigenvalue weighted by Gasteiger charge is -2.17. The van der Waals surface area contributed by atoms with Gasteiger partial charge in [0.05, 0.1) is 10.8 Å². The van der Waals surface area contributed by atoms with E-state index in [1.54, 1.807) is 24.3 Å². The number of amides is 2. The highest BCUT2D eigenvalue weighted by Crippen LogP contribution is 2.29. The van der Waals surface area contributed by atoms with E-state index in [9.17, 15) is 14.0 Å². The van der Waals surface area contributed by atoms with E-state index in [0.29, 0.717) is 12.1 Å². The number of benzene rings is 3. The van der Waals surface area contributed by atoms with Gasteiger partial charge < -0.3 is 10.6 Å². The number of rotatable bonds is 7. The maximum absolute atomic E-state index is 13.9. The van der Waals surface area contributed by atoms with Crippen molar-refractivity contribution in [2.24, 2.45) is 0 Å². The van der Waals surface area contributed by atoms with Crippen LogP contribution in [0.1, 0.15) is 34.8 Å². The molecule has 31 heavy (non-hydrogen) atoms. The number of anilines is 2. The van der Waals surface area contributed by atoms with Crippen molar-refractivity contribution in [3.05, 3.63) is 89.2 Å². The van der Waals surface area contributed by atoms with Gasteiger partial charge in [-0.05, 0) is 61.7 Å². The van der Waals surface area contributed by atoms with Gasteiger partial charge in [-0.2, -0.15) is 0 Å². The summed E-state index contributed by atoms with van der Waals surface area (Å²) in [6, 6.07) is 19.0. The molecule has 0 aliphatic carbocycles. The number of carbonyl (C=O) groups excluding carboxylic acids is 2. The first kappa shape index (κ1) is 22.6. The third-order valence-electron chi connectivity index (χ3n) is 4.88. The molecule has 0 radical (unpaired) electrons. The Morgan fingerprint density at radius 3 is 2.29 bits per heavy atom. The molecule has 2 N–H and O–H groups in total. The zero-order valence-electron chi connectivity index (χ0n) is 17.7. The molecule has 4 nitrogen and oxygen atoms in total. The maximum atomic E-state index is 13.9. The third kappa shape index (κ3) is 5.73. The number of para-hydroxylation sites is 1. The molecule has 0 aliphatic heterocycles. The summed E-state index contributed by atoms with van der Waals surface area (Å²) in [5, 5.41) is 5.48. The molecule has 3 rings (SSSR count). The van der Waals surface area contributed by atoms with Crippen molar-refractivity contribution in [3.63, 3.8) is 0 Å². The van der Waals surface area contributed by atoms with Gasteiger partial charge in [-0.25, -0.2) is 4.39 Å². The van der Waals surface area contributed by atoms with Crippen molar-refractivity contribution in [1.29, 1.82) is 0 Å². The van der Waals surface area contributed by atoms with Crippen molar-refractivity contribution in [2.45, 2.75) is 37.3 Å². The lowest BCUT2D eigenvalue weighted by Crippen LogP contribution is -2.25. The van der Waals surface area contributed by atoms with Gasteiger partial charge in [0.25, 0.3) is 5.91 Å². The van der Waals surface area contributed by atoms with Crippen LogP contribution in [0.2, 0.25) is 0 Å². The van der Waals surface area contributed by atoms with E-state index in [2.05, 4.69) is 10.6 Å². The highest BCUT2D eigenvalue weighted by molar-refractivity contribution is 8.00. The van der Waals surface area contributed by atoms with Crippen LogP contribution >= 0.6 is 11.8 Å². The first-order valence-corrected chi connectivity index (χ1v) is 11.0. The highest BCUT2D eigenvalue weighted by atomic mass is 32.2. The van der Waals surface area contributed by atoms with Gasteiger partial charge in [-0.15, -0.1) is 11.8 Å². The molecule has 3 aromatic rings. The van der Waals surface area contributed by atoms with E-state index in [1.807, 2.05) is 45.0 Å². The van der Waals surface area contributed by atoms with Crippen molar-refractivity contribution < 1.29 is 14.0 Å². The molecule has 1 unspecified atom stereocenters. The second-order valence-corrected chi connectivity index (χ2v) is 8.51. The van der Waals surface area contributed by atoms with Crippen LogP contribution in [-0.2, 0) is 4.79 Å². The van der Waals surface area contributed by atoms with Crippen LogP contribution in [-0.4, -0.2) is 17.1 Å². The largest absolute Gasteiger partial charge is 0.325 e. The Hall–Kier alpha value is -3.12.